The second-order valence-corrected chi connectivity index (χ2v) is 9.57. The Balaban J connectivity index is 1.57. The van der Waals surface area contributed by atoms with Crippen molar-refractivity contribution in [3.8, 4) is 0 Å². The van der Waals surface area contributed by atoms with E-state index in [1.54, 1.807) is 12.1 Å². The zero-order valence-electron chi connectivity index (χ0n) is 14.6. The Morgan fingerprint density at radius 1 is 1.12 bits per heavy atom. The average Bonchev–Trinajstić information content (AvgIpc) is 3.29. The van der Waals surface area contributed by atoms with E-state index in [2.05, 4.69) is 14.1 Å². The average molecular weight is 379 g/mol. The molecule has 2 bridgehead atoms. The van der Waals surface area contributed by atoms with Gasteiger partial charge < -0.3 is 14.3 Å². The first-order chi connectivity index (χ1) is 11.9. The number of quaternary nitrogens is 1. The molecule has 4 heterocycles. The molecule has 0 amide bonds. The molecule has 0 spiro atoms. The molecule has 2 unspecified atom stereocenters. The van der Waals surface area contributed by atoms with Crippen LogP contribution in [0.2, 0.25) is 0 Å². The standard InChI is InChI=1S/C19H24NO3S2/c1-20(2)13-7-8-14(20)12-15(11-13)23-18(21)19(22,16-5-3-9-24-16)17-6-4-10-25-17/h3-6,9-10,13-15,22H,7-8,11-12H2,1-2H3/q+1. The monoisotopic (exact) mass is 378 g/mol. The van der Waals surface area contributed by atoms with Crippen LogP contribution >= 0.6 is 22.7 Å². The van der Waals surface area contributed by atoms with Gasteiger partial charge in [0, 0.05) is 25.7 Å². The Labute approximate surface area is 156 Å². The highest BCUT2D eigenvalue weighted by molar-refractivity contribution is 7.12. The molecule has 2 aliphatic rings. The molecule has 1 N–H and O–H groups in total. The van der Waals surface area contributed by atoms with Crippen LogP contribution < -0.4 is 0 Å². The van der Waals surface area contributed by atoms with Crippen LogP contribution in [0.15, 0.2) is 35.0 Å². The van der Waals surface area contributed by atoms with E-state index in [0.29, 0.717) is 21.8 Å². The Bertz CT molecular complexity index is 689. The minimum Gasteiger partial charge on any atom is -0.459 e. The minimum atomic E-state index is -1.69. The third kappa shape index (κ3) is 2.76. The van der Waals surface area contributed by atoms with Crippen LogP contribution in [-0.4, -0.2) is 47.8 Å². The molecule has 0 aliphatic carbocycles. The van der Waals surface area contributed by atoms with E-state index in [0.717, 1.165) is 17.3 Å². The van der Waals surface area contributed by atoms with Crippen molar-refractivity contribution >= 4 is 28.6 Å². The van der Waals surface area contributed by atoms with Gasteiger partial charge in [-0.3, -0.25) is 0 Å². The number of rotatable bonds is 4. The lowest BCUT2D eigenvalue weighted by atomic mass is 9.96. The van der Waals surface area contributed by atoms with E-state index in [9.17, 15) is 9.90 Å². The number of piperidine rings is 1. The summed E-state index contributed by atoms with van der Waals surface area (Å²) in [5.74, 6) is -0.533. The van der Waals surface area contributed by atoms with Gasteiger partial charge in [-0.2, -0.15) is 0 Å². The largest absolute Gasteiger partial charge is 0.459 e. The summed E-state index contributed by atoms with van der Waals surface area (Å²) in [4.78, 5) is 14.3. The first-order valence-corrected chi connectivity index (χ1v) is 10.5. The smallest absolute Gasteiger partial charge is 0.349 e. The summed E-state index contributed by atoms with van der Waals surface area (Å²) in [7, 11) is 4.57. The Morgan fingerprint density at radius 3 is 2.08 bits per heavy atom. The van der Waals surface area contributed by atoms with Crippen molar-refractivity contribution in [1.29, 1.82) is 0 Å². The minimum absolute atomic E-state index is 0.0948. The molecule has 0 radical (unpaired) electrons. The lowest BCUT2D eigenvalue weighted by Gasteiger charge is -2.44. The highest BCUT2D eigenvalue weighted by atomic mass is 32.1. The van der Waals surface area contributed by atoms with Crippen molar-refractivity contribution in [2.45, 2.75) is 49.5 Å². The van der Waals surface area contributed by atoms with Gasteiger partial charge in [0.25, 0.3) is 0 Å². The SMILES string of the molecule is C[N+]1(C)C2CCC1CC(OC(=O)C(O)(c1cccs1)c1cccs1)C2. The third-order valence-electron chi connectivity index (χ3n) is 6.11. The summed E-state index contributed by atoms with van der Waals surface area (Å²) >= 11 is 2.77. The van der Waals surface area contributed by atoms with Crippen LogP contribution in [0.3, 0.4) is 0 Å². The zero-order valence-corrected chi connectivity index (χ0v) is 16.2. The number of ether oxygens (including phenoxy) is 1. The number of aliphatic hydroxyl groups is 1. The molecular weight excluding hydrogens is 354 g/mol. The lowest BCUT2D eigenvalue weighted by Crippen LogP contribution is -2.56. The Kier molecular flexibility index (Phi) is 4.27. The number of esters is 1. The molecule has 134 valence electrons. The van der Waals surface area contributed by atoms with Crippen molar-refractivity contribution in [2.75, 3.05) is 14.1 Å². The van der Waals surface area contributed by atoms with E-state index in [4.69, 9.17) is 4.74 Å². The highest BCUT2D eigenvalue weighted by Crippen LogP contribution is 2.42. The van der Waals surface area contributed by atoms with Crippen LogP contribution in [0.4, 0.5) is 0 Å². The fourth-order valence-corrected chi connectivity index (χ4v) is 6.17. The molecule has 2 aromatic heterocycles. The number of carbonyl (C=O) groups excluding carboxylic acids is 1. The van der Waals surface area contributed by atoms with Crippen LogP contribution in [0.5, 0.6) is 0 Å². The van der Waals surface area contributed by atoms with E-state index in [-0.39, 0.29) is 6.10 Å². The van der Waals surface area contributed by atoms with Crippen LogP contribution in [0.1, 0.15) is 35.4 Å². The van der Waals surface area contributed by atoms with E-state index < -0.39 is 11.6 Å². The normalized spacial score (nSPS) is 28.0. The quantitative estimate of drug-likeness (QED) is 0.655. The number of carbonyl (C=O) groups is 1. The highest BCUT2D eigenvalue weighted by Gasteiger charge is 2.52. The summed E-state index contributed by atoms with van der Waals surface area (Å²) in [6.07, 6.45) is 4.08. The second kappa shape index (κ2) is 6.20. The maximum atomic E-state index is 13.1. The molecule has 0 aromatic carbocycles. The first kappa shape index (κ1) is 17.2. The number of thiophene rings is 2. The molecule has 2 aliphatic heterocycles. The Morgan fingerprint density at radius 2 is 1.64 bits per heavy atom. The summed E-state index contributed by atoms with van der Waals surface area (Å²) in [5.41, 5.74) is -1.69. The first-order valence-electron chi connectivity index (χ1n) is 8.77. The van der Waals surface area contributed by atoms with Gasteiger partial charge in [0.15, 0.2) is 0 Å². The predicted molar refractivity (Wildman–Crippen MR) is 99.7 cm³/mol. The van der Waals surface area contributed by atoms with Gasteiger partial charge in [0.05, 0.1) is 35.9 Å². The van der Waals surface area contributed by atoms with Gasteiger partial charge in [-0.15, -0.1) is 22.7 Å². The van der Waals surface area contributed by atoms with Gasteiger partial charge in [0.2, 0.25) is 5.60 Å². The second-order valence-electron chi connectivity index (χ2n) is 7.68. The molecule has 2 saturated heterocycles. The van der Waals surface area contributed by atoms with Crippen molar-refractivity contribution in [1.82, 2.24) is 0 Å². The molecule has 4 rings (SSSR count). The van der Waals surface area contributed by atoms with E-state index >= 15 is 0 Å². The fourth-order valence-electron chi connectivity index (χ4n) is 4.45. The maximum Gasteiger partial charge on any atom is 0.349 e. The van der Waals surface area contributed by atoms with Gasteiger partial charge in [-0.25, -0.2) is 4.79 Å². The molecule has 2 atom stereocenters. The zero-order chi connectivity index (χ0) is 17.7. The molecule has 2 fully saturated rings. The maximum absolute atomic E-state index is 13.1. The number of hydrogen-bond acceptors (Lipinski definition) is 5. The van der Waals surface area contributed by atoms with Crippen molar-refractivity contribution in [2.24, 2.45) is 0 Å². The third-order valence-corrected chi connectivity index (χ3v) is 8.07. The van der Waals surface area contributed by atoms with Gasteiger partial charge >= 0.3 is 5.97 Å². The molecule has 2 aromatic rings. The molecule has 0 saturated carbocycles. The molecule has 25 heavy (non-hydrogen) atoms. The van der Waals surface area contributed by atoms with Gasteiger partial charge in [-0.05, 0) is 22.9 Å². The van der Waals surface area contributed by atoms with E-state index in [1.807, 2.05) is 22.9 Å². The summed E-state index contributed by atoms with van der Waals surface area (Å²) in [6.45, 7) is 0. The predicted octanol–water partition coefficient (Wildman–Crippen LogP) is 3.36. The number of hydrogen-bond donors (Lipinski definition) is 1. The van der Waals surface area contributed by atoms with E-state index in [1.165, 1.54) is 35.5 Å². The van der Waals surface area contributed by atoms with Crippen molar-refractivity contribution in [3.63, 3.8) is 0 Å². The lowest BCUT2D eigenvalue weighted by molar-refractivity contribution is -0.931. The van der Waals surface area contributed by atoms with Crippen molar-refractivity contribution in [3.05, 3.63) is 44.8 Å². The molecular formula is C19H24NO3S2+. The van der Waals surface area contributed by atoms with Gasteiger partial charge in [-0.1, -0.05) is 12.1 Å². The summed E-state index contributed by atoms with van der Waals surface area (Å²) in [6, 6.07) is 8.41. The number of fused-ring (bicyclic) bond motifs is 2. The van der Waals surface area contributed by atoms with Crippen LogP contribution in [-0.2, 0) is 15.1 Å². The van der Waals surface area contributed by atoms with Crippen molar-refractivity contribution < 1.29 is 19.1 Å². The van der Waals surface area contributed by atoms with Crippen LogP contribution in [0.25, 0.3) is 0 Å². The fraction of sp³-hybridized carbons (Fsp3) is 0.526. The Hall–Kier alpha value is -1.21. The summed E-state index contributed by atoms with van der Waals surface area (Å²) < 4.78 is 6.93. The number of nitrogens with zero attached hydrogens (tertiary/aromatic N) is 1. The summed E-state index contributed by atoms with van der Waals surface area (Å²) in [5, 5.41) is 15.1. The molecule has 4 nitrogen and oxygen atoms in total. The topological polar surface area (TPSA) is 46.5 Å². The molecule has 6 heteroatoms. The van der Waals surface area contributed by atoms with Gasteiger partial charge in [0.1, 0.15) is 6.10 Å². The van der Waals surface area contributed by atoms with Crippen LogP contribution in [0, 0.1) is 0 Å².